The van der Waals surface area contributed by atoms with Crippen LogP contribution in [-0.4, -0.2) is 25.7 Å². The minimum atomic E-state index is -3.44. The number of nitro groups is 1. The molecule has 112 valence electrons. The molecule has 0 aromatic heterocycles. The van der Waals surface area contributed by atoms with Gasteiger partial charge in [0.2, 0.25) is 15.8 Å². The van der Waals surface area contributed by atoms with Gasteiger partial charge in [0.1, 0.15) is 0 Å². The largest absolute Gasteiger partial charge is 0.486 e. The minimum Gasteiger partial charge on any atom is -0.486 e. The van der Waals surface area contributed by atoms with Crippen molar-refractivity contribution >= 4 is 27.3 Å². The number of hydrogen-bond acceptors (Lipinski definition) is 5. The number of halogens is 1. The van der Waals surface area contributed by atoms with Crippen LogP contribution in [0.15, 0.2) is 18.2 Å². The lowest BCUT2D eigenvalue weighted by molar-refractivity contribution is -0.385. The SMILES string of the molecule is NS(=O)(=O)CCCCCOc1c(Cl)cccc1[N+](=O)[O-]. The molecule has 0 radical (unpaired) electrons. The van der Waals surface area contributed by atoms with Gasteiger partial charge in [0.15, 0.2) is 0 Å². The molecule has 0 bridgehead atoms. The first kappa shape index (κ1) is 16.7. The molecule has 0 spiro atoms. The van der Waals surface area contributed by atoms with Crippen molar-refractivity contribution in [2.75, 3.05) is 12.4 Å². The van der Waals surface area contributed by atoms with E-state index in [0.717, 1.165) is 0 Å². The van der Waals surface area contributed by atoms with Crippen LogP contribution in [0.25, 0.3) is 0 Å². The molecule has 0 aliphatic rings. The molecule has 9 heteroatoms. The van der Waals surface area contributed by atoms with Gasteiger partial charge in [-0.1, -0.05) is 17.7 Å². The van der Waals surface area contributed by atoms with E-state index in [9.17, 15) is 18.5 Å². The van der Waals surface area contributed by atoms with Crippen molar-refractivity contribution in [1.29, 1.82) is 0 Å². The number of nitrogens with two attached hydrogens (primary N) is 1. The summed E-state index contributed by atoms with van der Waals surface area (Å²) in [4.78, 5) is 10.2. The van der Waals surface area contributed by atoms with E-state index in [1.54, 1.807) is 0 Å². The lowest BCUT2D eigenvalue weighted by Crippen LogP contribution is -2.16. The molecule has 0 unspecified atom stereocenters. The number of sulfonamides is 1. The predicted molar refractivity (Wildman–Crippen MR) is 75.4 cm³/mol. The van der Waals surface area contributed by atoms with Crippen LogP contribution in [-0.2, 0) is 10.0 Å². The molecule has 0 saturated heterocycles. The van der Waals surface area contributed by atoms with E-state index in [2.05, 4.69) is 0 Å². The van der Waals surface area contributed by atoms with Gasteiger partial charge in [0.05, 0.1) is 22.3 Å². The van der Waals surface area contributed by atoms with Crippen molar-refractivity contribution in [3.05, 3.63) is 33.3 Å². The minimum absolute atomic E-state index is 0.0330. The number of ether oxygens (including phenoxy) is 1. The summed E-state index contributed by atoms with van der Waals surface area (Å²) in [5, 5.41) is 15.8. The number of hydrogen-bond donors (Lipinski definition) is 1. The third-order valence-corrected chi connectivity index (χ3v) is 3.62. The summed E-state index contributed by atoms with van der Waals surface area (Å²) >= 11 is 5.85. The Balaban J connectivity index is 2.45. The maximum atomic E-state index is 10.8. The molecule has 0 aliphatic carbocycles. The van der Waals surface area contributed by atoms with E-state index in [4.69, 9.17) is 21.5 Å². The fourth-order valence-electron chi connectivity index (χ4n) is 1.54. The zero-order valence-corrected chi connectivity index (χ0v) is 12.2. The predicted octanol–water partition coefficient (Wildman–Crippen LogP) is 2.09. The third-order valence-electron chi connectivity index (χ3n) is 2.46. The lowest BCUT2D eigenvalue weighted by atomic mass is 10.2. The van der Waals surface area contributed by atoms with Gasteiger partial charge in [-0.3, -0.25) is 10.1 Å². The Morgan fingerprint density at radius 3 is 2.60 bits per heavy atom. The second kappa shape index (κ2) is 7.41. The van der Waals surface area contributed by atoms with Crippen molar-refractivity contribution in [2.45, 2.75) is 19.3 Å². The maximum absolute atomic E-state index is 10.8. The Labute approximate surface area is 121 Å². The maximum Gasteiger partial charge on any atom is 0.312 e. The van der Waals surface area contributed by atoms with Crippen molar-refractivity contribution in [3.63, 3.8) is 0 Å². The van der Waals surface area contributed by atoms with Crippen LogP contribution in [0.2, 0.25) is 5.02 Å². The first-order valence-corrected chi connectivity index (χ1v) is 7.97. The van der Waals surface area contributed by atoms with Gasteiger partial charge in [-0.05, 0) is 25.3 Å². The highest BCUT2D eigenvalue weighted by atomic mass is 35.5. The van der Waals surface area contributed by atoms with Crippen LogP contribution in [0.5, 0.6) is 5.75 Å². The van der Waals surface area contributed by atoms with E-state index in [1.165, 1.54) is 18.2 Å². The molecular weight excluding hydrogens is 308 g/mol. The zero-order chi connectivity index (χ0) is 15.2. The highest BCUT2D eigenvalue weighted by molar-refractivity contribution is 7.89. The average molecular weight is 323 g/mol. The van der Waals surface area contributed by atoms with Gasteiger partial charge in [-0.15, -0.1) is 0 Å². The van der Waals surface area contributed by atoms with Gasteiger partial charge in [0.25, 0.3) is 0 Å². The number of rotatable bonds is 8. The van der Waals surface area contributed by atoms with E-state index >= 15 is 0 Å². The van der Waals surface area contributed by atoms with Gasteiger partial charge in [-0.25, -0.2) is 13.6 Å². The van der Waals surface area contributed by atoms with E-state index < -0.39 is 14.9 Å². The van der Waals surface area contributed by atoms with Gasteiger partial charge >= 0.3 is 5.69 Å². The van der Waals surface area contributed by atoms with Crippen LogP contribution in [0.3, 0.4) is 0 Å². The van der Waals surface area contributed by atoms with E-state index in [0.29, 0.717) is 19.3 Å². The lowest BCUT2D eigenvalue weighted by Gasteiger charge is -2.08. The normalized spacial score (nSPS) is 11.3. The standard InChI is InChI=1S/C11H15ClN2O5S/c12-9-5-4-6-10(14(15)16)11(9)19-7-2-1-3-8-20(13,17)18/h4-6H,1-3,7-8H2,(H2,13,17,18). The molecular formula is C11H15ClN2O5S. The quantitative estimate of drug-likeness (QED) is 0.447. The molecule has 0 fully saturated rings. The van der Waals surface area contributed by atoms with E-state index in [-0.39, 0.29) is 28.8 Å². The summed E-state index contributed by atoms with van der Waals surface area (Å²) < 4.78 is 26.7. The Hall–Kier alpha value is -1.38. The molecule has 1 rings (SSSR count). The summed E-state index contributed by atoms with van der Waals surface area (Å²) in [6, 6.07) is 4.28. The number of nitrogens with zero attached hydrogens (tertiary/aromatic N) is 1. The second-order valence-electron chi connectivity index (χ2n) is 4.12. The van der Waals surface area contributed by atoms with Crippen molar-refractivity contribution in [3.8, 4) is 5.75 Å². The summed E-state index contributed by atoms with van der Waals surface area (Å²) in [6.45, 7) is 0.217. The van der Waals surface area contributed by atoms with Gasteiger partial charge < -0.3 is 4.74 Å². The number of nitro benzene ring substituents is 1. The average Bonchev–Trinajstić information content (AvgIpc) is 2.33. The number of primary sulfonamides is 1. The second-order valence-corrected chi connectivity index (χ2v) is 6.26. The van der Waals surface area contributed by atoms with Gasteiger partial charge in [0, 0.05) is 6.07 Å². The van der Waals surface area contributed by atoms with Crippen molar-refractivity contribution in [2.24, 2.45) is 5.14 Å². The smallest absolute Gasteiger partial charge is 0.312 e. The molecule has 0 saturated carbocycles. The molecule has 20 heavy (non-hydrogen) atoms. The monoisotopic (exact) mass is 322 g/mol. The number of unbranched alkanes of at least 4 members (excludes halogenated alkanes) is 2. The fraction of sp³-hybridized carbons (Fsp3) is 0.455. The molecule has 2 N–H and O–H groups in total. The third kappa shape index (κ3) is 5.72. The Bertz CT molecular complexity index is 576. The molecule has 0 heterocycles. The first-order valence-electron chi connectivity index (χ1n) is 5.87. The zero-order valence-electron chi connectivity index (χ0n) is 10.6. The molecule has 1 aromatic rings. The summed E-state index contributed by atoms with van der Waals surface area (Å²) in [7, 11) is -3.44. The Morgan fingerprint density at radius 1 is 1.30 bits per heavy atom. The van der Waals surface area contributed by atoms with Crippen molar-refractivity contribution < 1.29 is 18.1 Å². The first-order chi connectivity index (χ1) is 9.31. The number of para-hydroxylation sites is 1. The van der Waals surface area contributed by atoms with Gasteiger partial charge in [-0.2, -0.15) is 0 Å². The highest BCUT2D eigenvalue weighted by Crippen LogP contribution is 2.34. The molecule has 7 nitrogen and oxygen atoms in total. The summed E-state index contributed by atoms with van der Waals surface area (Å²) in [5.41, 5.74) is -0.193. The summed E-state index contributed by atoms with van der Waals surface area (Å²) in [6.07, 6.45) is 1.57. The molecule has 0 amide bonds. The molecule has 0 aliphatic heterocycles. The number of benzene rings is 1. The fourth-order valence-corrected chi connectivity index (χ4v) is 2.37. The van der Waals surface area contributed by atoms with Crippen LogP contribution in [0.4, 0.5) is 5.69 Å². The topological polar surface area (TPSA) is 113 Å². The van der Waals surface area contributed by atoms with Crippen LogP contribution >= 0.6 is 11.6 Å². The Kier molecular flexibility index (Phi) is 6.18. The highest BCUT2D eigenvalue weighted by Gasteiger charge is 2.17. The van der Waals surface area contributed by atoms with E-state index in [1.807, 2.05) is 0 Å². The van der Waals surface area contributed by atoms with Crippen LogP contribution in [0, 0.1) is 10.1 Å². The Morgan fingerprint density at radius 2 is 2.00 bits per heavy atom. The van der Waals surface area contributed by atoms with Crippen molar-refractivity contribution in [1.82, 2.24) is 0 Å². The van der Waals surface area contributed by atoms with Crippen LogP contribution < -0.4 is 9.88 Å². The van der Waals surface area contributed by atoms with Crippen LogP contribution in [0.1, 0.15) is 19.3 Å². The molecule has 0 atom stereocenters. The molecule has 1 aromatic carbocycles. The summed E-state index contributed by atoms with van der Waals surface area (Å²) in [5.74, 6) is -0.0511.